The van der Waals surface area contributed by atoms with Gasteiger partial charge in [0.25, 0.3) is 5.91 Å². The first-order valence-corrected chi connectivity index (χ1v) is 7.50. The van der Waals surface area contributed by atoms with Gasteiger partial charge in [0.2, 0.25) is 0 Å². The van der Waals surface area contributed by atoms with Crippen LogP contribution in [0, 0.1) is 0 Å². The fourth-order valence-corrected chi connectivity index (χ4v) is 2.42. The van der Waals surface area contributed by atoms with Gasteiger partial charge in [0.1, 0.15) is 4.88 Å². The minimum absolute atomic E-state index is 0.114. The summed E-state index contributed by atoms with van der Waals surface area (Å²) >= 11 is 1.13. The van der Waals surface area contributed by atoms with E-state index in [1.54, 1.807) is 0 Å². The molecule has 0 aliphatic rings. The fourth-order valence-electron chi connectivity index (χ4n) is 1.69. The molecule has 1 amide bonds. The monoisotopic (exact) mass is 299 g/mol. The first-order chi connectivity index (χ1) is 9.56. The second-order valence-corrected chi connectivity index (χ2v) is 5.54. The molecular weight excluding hydrogens is 278 g/mol. The number of ether oxygens (including phenoxy) is 1. The summed E-state index contributed by atoms with van der Waals surface area (Å²) in [5, 5.41) is 6.84. The molecule has 0 aliphatic carbocycles. The third-order valence-electron chi connectivity index (χ3n) is 2.84. The molecule has 1 aromatic rings. The Balaban J connectivity index is 2.23. The molecule has 20 heavy (non-hydrogen) atoms. The number of unbranched alkanes of at least 4 members (excludes halogenated alkanes) is 2. The molecule has 1 rings (SSSR count). The van der Waals surface area contributed by atoms with Gasteiger partial charge in [-0.15, -0.1) is 5.10 Å². The van der Waals surface area contributed by atoms with E-state index >= 15 is 0 Å². The van der Waals surface area contributed by atoms with Crippen LogP contribution in [0.5, 0.6) is 0 Å². The van der Waals surface area contributed by atoms with E-state index in [4.69, 9.17) is 0 Å². The zero-order valence-electron chi connectivity index (χ0n) is 12.1. The zero-order chi connectivity index (χ0) is 15.0. The number of nitrogens with zero attached hydrogens (tertiary/aromatic N) is 2. The van der Waals surface area contributed by atoms with E-state index in [9.17, 15) is 9.59 Å². The van der Waals surface area contributed by atoms with Crippen molar-refractivity contribution in [1.29, 1.82) is 0 Å². The summed E-state index contributed by atoms with van der Waals surface area (Å²) in [6, 6.07) is 0. The van der Waals surface area contributed by atoms with E-state index in [-0.39, 0.29) is 17.8 Å². The van der Waals surface area contributed by atoms with E-state index in [2.05, 4.69) is 19.6 Å². The van der Waals surface area contributed by atoms with Crippen molar-refractivity contribution in [2.75, 3.05) is 13.7 Å². The van der Waals surface area contributed by atoms with Gasteiger partial charge in [0, 0.05) is 13.0 Å². The van der Waals surface area contributed by atoms with Gasteiger partial charge in [-0.25, -0.2) is 0 Å². The van der Waals surface area contributed by atoms with Crippen molar-refractivity contribution < 1.29 is 14.3 Å². The molecule has 0 radical (unpaired) electrons. The summed E-state index contributed by atoms with van der Waals surface area (Å²) in [5.41, 5.74) is 0.748. The largest absolute Gasteiger partial charge is 0.469 e. The normalized spacial score (nSPS) is 10.6. The van der Waals surface area contributed by atoms with Crippen LogP contribution in [0.3, 0.4) is 0 Å². The van der Waals surface area contributed by atoms with Gasteiger partial charge in [0.15, 0.2) is 0 Å². The van der Waals surface area contributed by atoms with Crippen molar-refractivity contribution in [3.8, 4) is 0 Å². The Morgan fingerprint density at radius 2 is 2.05 bits per heavy atom. The molecule has 0 fully saturated rings. The molecule has 7 heteroatoms. The van der Waals surface area contributed by atoms with Crippen molar-refractivity contribution >= 4 is 23.4 Å². The maximum absolute atomic E-state index is 12.0. The molecule has 0 saturated heterocycles. The number of methoxy groups -OCH3 is 1. The topological polar surface area (TPSA) is 81.2 Å². The van der Waals surface area contributed by atoms with Gasteiger partial charge >= 0.3 is 5.97 Å². The Bertz CT molecular complexity index is 446. The van der Waals surface area contributed by atoms with Crippen LogP contribution in [0.1, 0.15) is 60.8 Å². The molecule has 6 nitrogen and oxygen atoms in total. The summed E-state index contributed by atoms with van der Waals surface area (Å²) in [7, 11) is 1.39. The first-order valence-electron chi connectivity index (χ1n) is 6.73. The van der Waals surface area contributed by atoms with Crippen LogP contribution in [0.25, 0.3) is 0 Å². The Kier molecular flexibility index (Phi) is 7.14. The lowest BCUT2D eigenvalue weighted by atomic mass is 10.1. The highest BCUT2D eigenvalue weighted by molar-refractivity contribution is 7.08. The molecule has 1 N–H and O–H groups in total. The van der Waals surface area contributed by atoms with Crippen molar-refractivity contribution in [3.63, 3.8) is 0 Å². The Labute approximate surface area is 123 Å². The van der Waals surface area contributed by atoms with Gasteiger partial charge in [-0.3, -0.25) is 9.59 Å². The summed E-state index contributed by atoms with van der Waals surface area (Å²) in [6.45, 7) is 4.57. The number of rotatable bonds is 8. The molecular formula is C13H21N3O3S. The molecule has 0 spiro atoms. The van der Waals surface area contributed by atoms with Gasteiger partial charge in [-0.1, -0.05) is 24.8 Å². The van der Waals surface area contributed by atoms with Crippen molar-refractivity contribution in [1.82, 2.24) is 14.9 Å². The minimum Gasteiger partial charge on any atom is -0.469 e. The van der Waals surface area contributed by atoms with Gasteiger partial charge in [0.05, 0.1) is 12.8 Å². The number of hydrogen-bond acceptors (Lipinski definition) is 6. The molecule has 1 heterocycles. The van der Waals surface area contributed by atoms with Crippen LogP contribution in [0.4, 0.5) is 0 Å². The van der Waals surface area contributed by atoms with Crippen molar-refractivity contribution in [2.45, 2.75) is 45.4 Å². The maximum Gasteiger partial charge on any atom is 0.305 e. The summed E-state index contributed by atoms with van der Waals surface area (Å²) in [4.78, 5) is 23.5. The number of carbonyl (C=O) groups excluding carboxylic acids is 2. The Hall–Kier alpha value is -1.50. The van der Waals surface area contributed by atoms with Crippen LogP contribution < -0.4 is 5.32 Å². The quantitative estimate of drug-likeness (QED) is 0.587. The highest BCUT2D eigenvalue weighted by Gasteiger charge is 2.17. The van der Waals surface area contributed by atoms with Crippen molar-refractivity contribution in [2.24, 2.45) is 0 Å². The summed E-state index contributed by atoms with van der Waals surface area (Å²) in [6.07, 6.45) is 2.93. The fraction of sp³-hybridized carbons (Fsp3) is 0.692. The number of hydrogen-bond donors (Lipinski definition) is 1. The average Bonchev–Trinajstić information content (AvgIpc) is 2.91. The van der Waals surface area contributed by atoms with E-state index in [0.29, 0.717) is 17.8 Å². The number of amides is 1. The highest BCUT2D eigenvalue weighted by atomic mass is 32.1. The smallest absolute Gasteiger partial charge is 0.305 e. The van der Waals surface area contributed by atoms with E-state index in [0.717, 1.165) is 36.5 Å². The van der Waals surface area contributed by atoms with Crippen molar-refractivity contribution in [3.05, 3.63) is 10.6 Å². The predicted molar refractivity (Wildman–Crippen MR) is 76.8 cm³/mol. The lowest BCUT2D eigenvalue weighted by Gasteiger charge is -2.06. The second kappa shape index (κ2) is 8.63. The maximum atomic E-state index is 12.0. The molecule has 0 bridgehead atoms. The van der Waals surface area contributed by atoms with Gasteiger partial charge < -0.3 is 10.1 Å². The van der Waals surface area contributed by atoms with E-state index < -0.39 is 0 Å². The molecule has 112 valence electrons. The molecule has 0 atom stereocenters. The van der Waals surface area contributed by atoms with Gasteiger partial charge in [-0.2, -0.15) is 0 Å². The molecule has 1 aromatic heterocycles. The van der Waals surface area contributed by atoms with Crippen LogP contribution in [-0.2, 0) is 9.53 Å². The number of carbonyl (C=O) groups is 2. The van der Waals surface area contributed by atoms with E-state index in [1.807, 2.05) is 13.8 Å². The van der Waals surface area contributed by atoms with Crippen LogP contribution in [0.2, 0.25) is 0 Å². The standard InChI is InChI=1S/C13H21N3O3S/c1-9(2)11-12(20-16-15-11)13(18)14-8-6-4-5-7-10(17)19-3/h9H,4-8H2,1-3H3,(H,14,18). The number of aromatic nitrogens is 2. The highest BCUT2D eigenvalue weighted by Crippen LogP contribution is 2.19. The lowest BCUT2D eigenvalue weighted by Crippen LogP contribution is -2.24. The average molecular weight is 299 g/mol. The third kappa shape index (κ3) is 5.24. The minimum atomic E-state index is -0.189. The van der Waals surface area contributed by atoms with E-state index in [1.165, 1.54) is 7.11 Å². The number of nitrogens with one attached hydrogen (secondary N) is 1. The Morgan fingerprint density at radius 1 is 1.30 bits per heavy atom. The zero-order valence-corrected chi connectivity index (χ0v) is 13.0. The number of esters is 1. The second-order valence-electron chi connectivity index (χ2n) is 4.78. The van der Waals surface area contributed by atoms with Crippen LogP contribution >= 0.6 is 11.5 Å². The molecule has 0 saturated carbocycles. The summed E-state index contributed by atoms with van der Waals surface area (Å²) < 4.78 is 8.39. The predicted octanol–water partition coefficient (Wildman–Crippen LogP) is 2.12. The van der Waals surface area contributed by atoms with Crippen LogP contribution in [0.15, 0.2) is 0 Å². The lowest BCUT2D eigenvalue weighted by molar-refractivity contribution is -0.140. The molecule has 0 aliphatic heterocycles. The Morgan fingerprint density at radius 3 is 2.70 bits per heavy atom. The van der Waals surface area contributed by atoms with Gasteiger partial charge in [-0.05, 0) is 30.3 Å². The summed E-state index contributed by atoms with van der Waals surface area (Å²) in [5.74, 6) is -0.113. The van der Waals surface area contributed by atoms with Crippen LogP contribution in [-0.4, -0.2) is 35.1 Å². The third-order valence-corrected chi connectivity index (χ3v) is 3.58. The SMILES string of the molecule is COC(=O)CCCCCNC(=O)c1snnc1C(C)C. The molecule has 0 aromatic carbocycles. The molecule has 0 unspecified atom stereocenters. The first kappa shape index (κ1) is 16.6.